The summed E-state index contributed by atoms with van der Waals surface area (Å²) in [5, 5.41) is 0. The Labute approximate surface area is 130 Å². The van der Waals surface area contributed by atoms with Crippen LogP contribution in [0.2, 0.25) is 0 Å². The second-order valence-electron chi connectivity index (χ2n) is 4.56. The fourth-order valence-corrected chi connectivity index (χ4v) is 3.08. The molecule has 1 aromatic rings. The third-order valence-electron chi connectivity index (χ3n) is 3.16. The summed E-state index contributed by atoms with van der Waals surface area (Å²) in [4.78, 5) is 0.388. The van der Waals surface area contributed by atoms with Gasteiger partial charge in [0, 0.05) is 16.4 Å². The Hall–Kier alpha value is 0.0600. The highest BCUT2D eigenvalue weighted by Gasteiger charge is 2.41. The maximum absolute atomic E-state index is 5.91. The molecule has 0 spiro atoms. The van der Waals surface area contributed by atoms with Crippen molar-refractivity contribution in [2.24, 2.45) is 0 Å². The van der Waals surface area contributed by atoms with Crippen LogP contribution in [0.5, 0.6) is 0 Å². The topological polar surface area (TPSA) is 27.7 Å². The molecule has 0 radical (unpaired) electrons. The molecule has 0 bridgehead atoms. The van der Waals surface area contributed by atoms with Gasteiger partial charge in [-0.2, -0.15) is 0 Å². The van der Waals surface area contributed by atoms with Crippen molar-refractivity contribution >= 4 is 31.9 Å². The van der Waals surface area contributed by atoms with Crippen molar-refractivity contribution in [3.05, 3.63) is 34.3 Å². The summed E-state index contributed by atoms with van der Waals surface area (Å²) in [7, 11) is 1.68. The lowest BCUT2D eigenvalue weighted by Crippen LogP contribution is -2.51. The quantitative estimate of drug-likeness (QED) is 0.523. The number of alkyl halides is 1. The first kappa shape index (κ1) is 15.4. The lowest BCUT2D eigenvalue weighted by molar-refractivity contribution is -0.132. The van der Waals surface area contributed by atoms with E-state index in [-0.39, 0.29) is 12.2 Å². The van der Waals surface area contributed by atoms with E-state index in [0.29, 0.717) is 24.6 Å². The van der Waals surface area contributed by atoms with Crippen molar-refractivity contribution in [2.75, 3.05) is 20.3 Å². The maximum atomic E-state index is 5.91. The molecule has 106 valence electrons. The second kappa shape index (κ2) is 7.74. The molecule has 0 amide bonds. The third-order valence-corrected chi connectivity index (χ3v) is 4.58. The predicted molar refractivity (Wildman–Crippen MR) is 81.7 cm³/mol. The summed E-state index contributed by atoms with van der Waals surface area (Å²) in [6.45, 7) is 1.86. The van der Waals surface area contributed by atoms with E-state index in [1.54, 1.807) is 7.11 Å². The molecule has 19 heavy (non-hydrogen) atoms. The van der Waals surface area contributed by atoms with Gasteiger partial charge in [0.25, 0.3) is 0 Å². The molecule has 0 aliphatic heterocycles. The van der Waals surface area contributed by atoms with Crippen molar-refractivity contribution < 1.29 is 14.2 Å². The van der Waals surface area contributed by atoms with Gasteiger partial charge in [0.1, 0.15) is 0 Å². The van der Waals surface area contributed by atoms with E-state index in [1.807, 2.05) is 12.1 Å². The molecule has 1 saturated carbocycles. The largest absolute Gasteiger partial charge is 0.382 e. The standard InChI is InChI=1S/C14H18Br2O3/c1-17-6-7-18-14-12(16)8-13(14)19-9-10-2-4-11(15)5-3-10/h2-5,12-14H,6-9H2,1H3. The minimum atomic E-state index is 0.130. The lowest BCUT2D eigenvalue weighted by Gasteiger charge is -2.40. The second-order valence-corrected chi connectivity index (χ2v) is 6.65. The fourth-order valence-electron chi connectivity index (χ4n) is 1.95. The van der Waals surface area contributed by atoms with Crippen molar-refractivity contribution in [3.8, 4) is 0 Å². The van der Waals surface area contributed by atoms with Gasteiger partial charge >= 0.3 is 0 Å². The molecule has 0 N–H and O–H groups in total. The first-order valence-corrected chi connectivity index (χ1v) is 8.02. The molecule has 1 aromatic carbocycles. The fraction of sp³-hybridized carbons (Fsp3) is 0.571. The Balaban J connectivity index is 1.74. The van der Waals surface area contributed by atoms with Crippen LogP contribution in [0.4, 0.5) is 0 Å². The number of hydrogen-bond donors (Lipinski definition) is 0. The van der Waals surface area contributed by atoms with Gasteiger partial charge < -0.3 is 14.2 Å². The van der Waals surface area contributed by atoms with Gasteiger partial charge in [0.2, 0.25) is 0 Å². The minimum absolute atomic E-state index is 0.130. The molecule has 3 nitrogen and oxygen atoms in total. The van der Waals surface area contributed by atoms with Gasteiger partial charge in [0.15, 0.2) is 0 Å². The number of rotatable bonds is 7. The van der Waals surface area contributed by atoms with E-state index in [1.165, 1.54) is 5.56 Å². The van der Waals surface area contributed by atoms with Crippen molar-refractivity contribution in [1.29, 1.82) is 0 Å². The SMILES string of the molecule is COCCOC1C(Br)CC1OCc1ccc(Br)cc1. The molecule has 2 rings (SSSR count). The molecule has 3 atom stereocenters. The Morgan fingerprint density at radius 2 is 1.89 bits per heavy atom. The van der Waals surface area contributed by atoms with Crippen LogP contribution >= 0.6 is 31.9 Å². The summed E-state index contributed by atoms with van der Waals surface area (Å²) < 4.78 is 17.7. The van der Waals surface area contributed by atoms with E-state index in [2.05, 4.69) is 44.0 Å². The molecular formula is C14H18Br2O3. The highest BCUT2D eigenvalue weighted by Crippen LogP contribution is 2.33. The molecule has 0 saturated heterocycles. The number of benzene rings is 1. The van der Waals surface area contributed by atoms with Crippen LogP contribution in [0.3, 0.4) is 0 Å². The summed E-state index contributed by atoms with van der Waals surface area (Å²) in [6.07, 6.45) is 1.30. The Morgan fingerprint density at radius 3 is 2.53 bits per heavy atom. The van der Waals surface area contributed by atoms with Crippen LogP contribution in [-0.2, 0) is 20.8 Å². The zero-order chi connectivity index (χ0) is 13.7. The van der Waals surface area contributed by atoms with Crippen molar-refractivity contribution in [2.45, 2.75) is 30.1 Å². The van der Waals surface area contributed by atoms with Crippen LogP contribution in [0.25, 0.3) is 0 Å². The number of halogens is 2. The van der Waals surface area contributed by atoms with Gasteiger partial charge in [-0.25, -0.2) is 0 Å². The highest BCUT2D eigenvalue weighted by molar-refractivity contribution is 9.10. The molecule has 0 heterocycles. The van der Waals surface area contributed by atoms with Crippen molar-refractivity contribution in [3.63, 3.8) is 0 Å². The highest BCUT2D eigenvalue weighted by atomic mass is 79.9. The van der Waals surface area contributed by atoms with Gasteiger partial charge in [-0.15, -0.1) is 0 Å². The number of hydrogen-bond acceptors (Lipinski definition) is 3. The number of ether oxygens (including phenoxy) is 3. The number of methoxy groups -OCH3 is 1. The molecular weight excluding hydrogens is 376 g/mol. The Kier molecular flexibility index (Phi) is 6.29. The van der Waals surface area contributed by atoms with E-state index >= 15 is 0 Å². The first-order chi connectivity index (χ1) is 9.20. The smallest absolute Gasteiger partial charge is 0.0963 e. The normalized spacial score (nSPS) is 26.2. The molecule has 5 heteroatoms. The molecule has 1 fully saturated rings. The lowest BCUT2D eigenvalue weighted by atomic mass is 9.91. The Morgan fingerprint density at radius 1 is 1.16 bits per heavy atom. The average Bonchev–Trinajstić information content (AvgIpc) is 2.41. The van der Waals surface area contributed by atoms with Crippen LogP contribution in [0, 0.1) is 0 Å². The van der Waals surface area contributed by atoms with Gasteiger partial charge in [-0.3, -0.25) is 0 Å². The van der Waals surface area contributed by atoms with Crippen molar-refractivity contribution in [1.82, 2.24) is 0 Å². The monoisotopic (exact) mass is 392 g/mol. The first-order valence-electron chi connectivity index (χ1n) is 6.31. The summed E-state index contributed by atoms with van der Waals surface area (Å²) in [5.74, 6) is 0. The van der Waals surface area contributed by atoms with Crippen LogP contribution in [0.15, 0.2) is 28.7 Å². The van der Waals surface area contributed by atoms with Gasteiger partial charge in [-0.1, -0.05) is 44.0 Å². The molecule has 1 aliphatic rings. The predicted octanol–water partition coefficient (Wildman–Crippen LogP) is 3.53. The average molecular weight is 394 g/mol. The summed E-state index contributed by atoms with van der Waals surface area (Å²) in [6, 6.07) is 8.18. The maximum Gasteiger partial charge on any atom is 0.0963 e. The molecule has 1 aliphatic carbocycles. The minimum Gasteiger partial charge on any atom is -0.382 e. The van der Waals surface area contributed by atoms with E-state index < -0.39 is 0 Å². The van der Waals surface area contributed by atoms with Gasteiger partial charge in [-0.05, 0) is 24.1 Å². The molecule has 3 unspecified atom stereocenters. The summed E-state index contributed by atoms with van der Waals surface area (Å²) >= 11 is 7.03. The zero-order valence-electron chi connectivity index (χ0n) is 10.9. The van der Waals surface area contributed by atoms with E-state index in [0.717, 1.165) is 10.9 Å². The Bertz CT molecular complexity index is 383. The molecule has 0 aromatic heterocycles. The van der Waals surface area contributed by atoms with Crippen LogP contribution in [0.1, 0.15) is 12.0 Å². The van der Waals surface area contributed by atoms with Crippen LogP contribution in [-0.4, -0.2) is 37.4 Å². The van der Waals surface area contributed by atoms with Crippen LogP contribution < -0.4 is 0 Å². The summed E-state index contributed by atoms with van der Waals surface area (Å²) in [5.41, 5.74) is 1.18. The zero-order valence-corrected chi connectivity index (χ0v) is 14.0. The van der Waals surface area contributed by atoms with E-state index in [9.17, 15) is 0 Å². The van der Waals surface area contributed by atoms with E-state index in [4.69, 9.17) is 14.2 Å². The van der Waals surface area contributed by atoms with Gasteiger partial charge in [0.05, 0.1) is 32.0 Å². The third kappa shape index (κ3) is 4.53.